The summed E-state index contributed by atoms with van der Waals surface area (Å²) in [5, 5.41) is 8.57. The van der Waals surface area contributed by atoms with Crippen molar-refractivity contribution in [1.29, 1.82) is 0 Å². The lowest BCUT2D eigenvalue weighted by molar-refractivity contribution is 0.0696. The lowest BCUT2D eigenvalue weighted by Crippen LogP contribution is -2.02. The van der Waals surface area contributed by atoms with E-state index in [0.717, 1.165) is 0 Å². The molecule has 0 saturated heterocycles. The lowest BCUT2D eigenvalue weighted by Gasteiger charge is -2.02. The molecule has 0 aliphatic rings. The molecule has 1 aromatic rings. The molecule has 0 bridgehead atoms. The van der Waals surface area contributed by atoms with Gasteiger partial charge in [0.15, 0.2) is 0 Å². The van der Waals surface area contributed by atoms with Crippen molar-refractivity contribution in [3.8, 4) is 5.75 Å². The summed E-state index contributed by atoms with van der Waals surface area (Å²) in [4.78, 5) is 14.1. The average molecular weight is 185 g/mol. The molecule has 4 nitrogen and oxygen atoms in total. The number of hydrogen-bond acceptors (Lipinski definition) is 3. The summed E-state index contributed by atoms with van der Waals surface area (Å²) in [6.45, 7) is -0.706. The van der Waals surface area contributed by atoms with Crippen molar-refractivity contribution >= 4 is 5.97 Å². The minimum absolute atomic E-state index is 0.0244. The van der Waals surface area contributed by atoms with Gasteiger partial charge in [-0.3, -0.25) is 4.98 Å². The van der Waals surface area contributed by atoms with Crippen LogP contribution in [-0.4, -0.2) is 29.3 Å². The van der Waals surface area contributed by atoms with Crippen molar-refractivity contribution < 1.29 is 19.0 Å². The summed E-state index contributed by atoms with van der Waals surface area (Å²) in [6.07, 6.45) is 2.53. The highest BCUT2D eigenvalue weighted by Crippen LogP contribution is 2.10. The Morgan fingerprint density at radius 1 is 1.62 bits per heavy atom. The summed E-state index contributed by atoms with van der Waals surface area (Å²) in [5.74, 6) is -0.823. The zero-order valence-corrected chi connectivity index (χ0v) is 6.74. The Morgan fingerprint density at radius 2 is 2.38 bits per heavy atom. The first-order chi connectivity index (χ1) is 6.24. The Hall–Kier alpha value is -1.65. The first-order valence-corrected chi connectivity index (χ1v) is 3.61. The van der Waals surface area contributed by atoms with Crippen LogP contribution in [0.5, 0.6) is 5.75 Å². The van der Waals surface area contributed by atoms with E-state index >= 15 is 0 Å². The topological polar surface area (TPSA) is 59.4 Å². The number of aromatic nitrogens is 1. The van der Waals surface area contributed by atoms with Crippen molar-refractivity contribution in [2.75, 3.05) is 13.3 Å². The molecule has 1 N–H and O–H groups in total. The maximum atomic E-state index is 11.7. The number of nitrogens with zero attached hydrogens (tertiary/aromatic N) is 1. The zero-order chi connectivity index (χ0) is 9.68. The third-order valence-electron chi connectivity index (χ3n) is 1.31. The van der Waals surface area contributed by atoms with Crippen LogP contribution in [0.1, 0.15) is 10.4 Å². The highest BCUT2D eigenvalue weighted by atomic mass is 19.1. The number of carbonyl (C=O) groups is 1. The van der Waals surface area contributed by atoms with Gasteiger partial charge in [-0.15, -0.1) is 0 Å². The second-order valence-corrected chi connectivity index (χ2v) is 2.25. The molecule has 0 atom stereocenters. The molecule has 0 unspecified atom stereocenters. The van der Waals surface area contributed by atoms with Crippen LogP contribution in [0.15, 0.2) is 18.5 Å². The Labute approximate surface area is 74.0 Å². The van der Waals surface area contributed by atoms with Crippen LogP contribution in [0.2, 0.25) is 0 Å². The van der Waals surface area contributed by atoms with Gasteiger partial charge in [0, 0.05) is 6.20 Å². The number of hydrogen-bond donors (Lipinski definition) is 1. The number of aromatic carboxylic acids is 1. The molecule has 70 valence electrons. The van der Waals surface area contributed by atoms with E-state index in [1.165, 1.54) is 18.5 Å². The third kappa shape index (κ3) is 2.70. The monoisotopic (exact) mass is 185 g/mol. The number of alkyl halides is 1. The van der Waals surface area contributed by atoms with Crippen molar-refractivity contribution in [2.45, 2.75) is 0 Å². The summed E-state index contributed by atoms with van der Waals surface area (Å²) >= 11 is 0. The van der Waals surface area contributed by atoms with E-state index in [1.807, 2.05) is 0 Å². The molecule has 0 fully saturated rings. The van der Waals surface area contributed by atoms with E-state index in [9.17, 15) is 9.18 Å². The first-order valence-electron chi connectivity index (χ1n) is 3.61. The third-order valence-corrected chi connectivity index (χ3v) is 1.31. The van der Waals surface area contributed by atoms with Gasteiger partial charge in [0.2, 0.25) is 0 Å². The van der Waals surface area contributed by atoms with Gasteiger partial charge in [-0.2, -0.15) is 0 Å². The lowest BCUT2D eigenvalue weighted by atomic mass is 10.3. The fourth-order valence-electron chi connectivity index (χ4n) is 0.771. The van der Waals surface area contributed by atoms with E-state index < -0.39 is 12.6 Å². The second kappa shape index (κ2) is 4.39. The molecule has 5 heteroatoms. The fourth-order valence-corrected chi connectivity index (χ4v) is 0.771. The summed E-state index contributed by atoms with van der Waals surface area (Å²) in [7, 11) is 0. The van der Waals surface area contributed by atoms with Gasteiger partial charge in [0.1, 0.15) is 19.0 Å². The van der Waals surface area contributed by atoms with Gasteiger partial charge in [-0.05, 0) is 6.07 Å². The molecule has 0 saturated carbocycles. The highest BCUT2D eigenvalue weighted by molar-refractivity contribution is 5.87. The van der Waals surface area contributed by atoms with Crippen molar-refractivity contribution in [3.05, 3.63) is 24.0 Å². The molecule has 1 aromatic heterocycles. The number of halogens is 1. The van der Waals surface area contributed by atoms with Gasteiger partial charge < -0.3 is 9.84 Å². The average Bonchev–Trinajstić information content (AvgIpc) is 2.15. The van der Waals surface area contributed by atoms with Crippen molar-refractivity contribution in [1.82, 2.24) is 4.98 Å². The van der Waals surface area contributed by atoms with Crippen LogP contribution in [0, 0.1) is 0 Å². The number of carboxylic acid groups (broad SMARTS) is 1. The molecule has 0 aromatic carbocycles. The largest absolute Gasteiger partial charge is 0.489 e. The molecule has 0 spiro atoms. The Morgan fingerprint density at radius 3 is 3.00 bits per heavy atom. The molecule has 1 heterocycles. The standard InChI is InChI=1S/C8H8FNO3/c9-1-2-13-7-3-6(8(11)12)4-10-5-7/h3-5H,1-2H2,(H,11,12). The maximum absolute atomic E-state index is 11.7. The minimum Gasteiger partial charge on any atom is -0.489 e. The number of carboxylic acids is 1. The van der Waals surface area contributed by atoms with E-state index in [-0.39, 0.29) is 17.9 Å². The number of pyridine rings is 1. The highest BCUT2D eigenvalue weighted by Gasteiger charge is 2.04. The number of ether oxygens (including phenoxy) is 1. The zero-order valence-electron chi connectivity index (χ0n) is 6.74. The number of rotatable bonds is 4. The van der Waals surface area contributed by atoms with E-state index in [4.69, 9.17) is 9.84 Å². The molecule has 13 heavy (non-hydrogen) atoms. The summed E-state index contributed by atoms with van der Waals surface area (Å²) in [6, 6.07) is 1.30. The molecular weight excluding hydrogens is 177 g/mol. The minimum atomic E-state index is -1.09. The predicted molar refractivity (Wildman–Crippen MR) is 42.7 cm³/mol. The van der Waals surface area contributed by atoms with Crippen LogP contribution in [0.25, 0.3) is 0 Å². The van der Waals surface area contributed by atoms with E-state index in [1.54, 1.807) is 0 Å². The first kappa shape index (κ1) is 9.44. The summed E-state index contributed by atoms with van der Waals surface area (Å²) in [5.41, 5.74) is 0.0244. The van der Waals surface area contributed by atoms with Gasteiger partial charge in [0.25, 0.3) is 0 Å². The van der Waals surface area contributed by atoms with Crippen LogP contribution in [-0.2, 0) is 0 Å². The predicted octanol–water partition coefficient (Wildman–Crippen LogP) is 1.13. The van der Waals surface area contributed by atoms with Gasteiger partial charge in [-0.1, -0.05) is 0 Å². The summed E-state index contributed by atoms with van der Waals surface area (Å²) < 4.78 is 16.5. The van der Waals surface area contributed by atoms with Gasteiger partial charge >= 0.3 is 5.97 Å². The molecular formula is C8H8FNO3. The van der Waals surface area contributed by atoms with E-state index in [2.05, 4.69) is 4.98 Å². The molecule has 0 amide bonds. The maximum Gasteiger partial charge on any atom is 0.337 e. The van der Waals surface area contributed by atoms with Crippen molar-refractivity contribution in [2.24, 2.45) is 0 Å². The Bertz CT molecular complexity index is 303. The van der Waals surface area contributed by atoms with Gasteiger partial charge in [0.05, 0.1) is 11.8 Å². The molecule has 0 aliphatic carbocycles. The van der Waals surface area contributed by atoms with E-state index in [0.29, 0.717) is 0 Å². The fraction of sp³-hybridized carbons (Fsp3) is 0.250. The second-order valence-electron chi connectivity index (χ2n) is 2.25. The molecule has 0 aliphatic heterocycles. The quantitative estimate of drug-likeness (QED) is 0.763. The molecule has 1 rings (SSSR count). The van der Waals surface area contributed by atoms with Crippen LogP contribution >= 0.6 is 0 Å². The normalized spacial score (nSPS) is 9.62. The van der Waals surface area contributed by atoms with Crippen LogP contribution < -0.4 is 4.74 Å². The Balaban J connectivity index is 2.73. The SMILES string of the molecule is O=C(O)c1cncc(OCCF)c1. The van der Waals surface area contributed by atoms with Gasteiger partial charge in [-0.25, -0.2) is 9.18 Å². The van der Waals surface area contributed by atoms with Crippen LogP contribution in [0.4, 0.5) is 4.39 Å². The van der Waals surface area contributed by atoms with Crippen molar-refractivity contribution in [3.63, 3.8) is 0 Å². The molecule has 0 radical (unpaired) electrons. The smallest absolute Gasteiger partial charge is 0.337 e. The van der Waals surface area contributed by atoms with Crippen LogP contribution in [0.3, 0.4) is 0 Å². The Kier molecular flexibility index (Phi) is 3.19.